The van der Waals surface area contributed by atoms with Gasteiger partial charge in [-0.25, -0.2) is 0 Å². The minimum atomic E-state index is 0. The van der Waals surface area contributed by atoms with Gasteiger partial charge >= 0.3 is 0 Å². The first-order chi connectivity index (χ1) is 11.0. The van der Waals surface area contributed by atoms with Gasteiger partial charge in [0.15, 0.2) is 5.96 Å². The average molecular weight is 463 g/mol. The van der Waals surface area contributed by atoms with E-state index < -0.39 is 0 Å². The van der Waals surface area contributed by atoms with Crippen LogP contribution in [-0.2, 0) is 6.42 Å². The minimum Gasteiger partial charge on any atom is -0.497 e. The quantitative estimate of drug-likeness (QED) is 0.313. The van der Waals surface area contributed by atoms with Gasteiger partial charge in [-0.1, -0.05) is 12.1 Å². The summed E-state index contributed by atoms with van der Waals surface area (Å²) in [5, 5.41) is 3.51. The van der Waals surface area contributed by atoms with Gasteiger partial charge in [0.25, 0.3) is 0 Å². The Morgan fingerprint density at radius 3 is 2.62 bits per heavy atom. The van der Waals surface area contributed by atoms with Crippen molar-refractivity contribution in [1.82, 2.24) is 10.2 Å². The maximum Gasteiger partial charge on any atom is 0.193 e. The Bertz CT molecular complexity index is 520. The van der Waals surface area contributed by atoms with E-state index in [-0.39, 0.29) is 24.0 Å². The van der Waals surface area contributed by atoms with Gasteiger partial charge in [0.2, 0.25) is 0 Å². The molecule has 0 bridgehead atoms. The summed E-state index contributed by atoms with van der Waals surface area (Å²) in [6.45, 7) is 7.69. The van der Waals surface area contributed by atoms with Crippen LogP contribution in [0.25, 0.3) is 0 Å². The molecular weight excluding hydrogens is 433 g/mol. The number of aryl methyl sites for hydroxylation is 1. The average Bonchev–Trinajstić information content (AvgIpc) is 2.54. The molecule has 0 atom stereocenters. The molecule has 1 N–H and O–H groups in total. The number of ether oxygens (including phenoxy) is 1. The van der Waals surface area contributed by atoms with Crippen molar-refractivity contribution >= 4 is 41.7 Å². The highest BCUT2D eigenvalue weighted by Gasteiger charge is 2.28. The summed E-state index contributed by atoms with van der Waals surface area (Å²) in [6, 6.07) is 8.32. The highest BCUT2D eigenvalue weighted by atomic mass is 127. The maximum atomic E-state index is 5.19. The molecule has 24 heavy (non-hydrogen) atoms. The molecule has 136 valence electrons. The highest BCUT2D eigenvalue weighted by Crippen LogP contribution is 2.29. The van der Waals surface area contributed by atoms with Gasteiger partial charge in [-0.2, -0.15) is 11.8 Å². The second-order valence-corrected chi connectivity index (χ2v) is 8.26. The third-order valence-corrected chi connectivity index (χ3v) is 5.32. The predicted octanol–water partition coefficient (Wildman–Crippen LogP) is 3.65. The summed E-state index contributed by atoms with van der Waals surface area (Å²) < 4.78 is 5.49. The van der Waals surface area contributed by atoms with Gasteiger partial charge in [-0.3, -0.25) is 4.99 Å². The lowest BCUT2D eigenvalue weighted by atomic mass is 10.1. The van der Waals surface area contributed by atoms with Gasteiger partial charge in [-0.15, -0.1) is 24.0 Å². The van der Waals surface area contributed by atoms with Crippen LogP contribution in [0.5, 0.6) is 5.75 Å². The molecule has 2 rings (SSSR count). The first kappa shape index (κ1) is 21.4. The summed E-state index contributed by atoms with van der Waals surface area (Å²) in [4.78, 5) is 6.83. The van der Waals surface area contributed by atoms with Crippen LogP contribution in [0.2, 0.25) is 0 Å². The molecule has 0 amide bonds. The number of hydrogen-bond donors (Lipinski definition) is 1. The van der Waals surface area contributed by atoms with E-state index in [0.29, 0.717) is 4.75 Å². The lowest BCUT2D eigenvalue weighted by Gasteiger charge is -2.39. The minimum absolute atomic E-state index is 0. The largest absolute Gasteiger partial charge is 0.497 e. The monoisotopic (exact) mass is 463 g/mol. The van der Waals surface area contributed by atoms with Crippen molar-refractivity contribution in [3.8, 4) is 5.75 Å². The predicted molar refractivity (Wildman–Crippen MR) is 116 cm³/mol. The normalized spacial score (nSPS) is 17.2. The Labute approximate surface area is 167 Å². The van der Waals surface area contributed by atoms with Crippen LogP contribution < -0.4 is 10.1 Å². The first-order valence-corrected chi connectivity index (χ1v) is 9.25. The second kappa shape index (κ2) is 10.4. The van der Waals surface area contributed by atoms with Crippen LogP contribution in [-0.4, -0.2) is 55.2 Å². The fourth-order valence-electron chi connectivity index (χ4n) is 2.81. The number of thioether (sulfide) groups is 1. The summed E-state index contributed by atoms with van der Waals surface area (Å²) in [6.07, 6.45) is 2.16. The Hall–Kier alpha value is -0.630. The number of nitrogens with one attached hydrogen (secondary N) is 1. The van der Waals surface area contributed by atoms with Gasteiger partial charge in [0.05, 0.1) is 7.11 Å². The van der Waals surface area contributed by atoms with Crippen molar-refractivity contribution in [3.63, 3.8) is 0 Å². The molecule has 1 aliphatic heterocycles. The maximum absolute atomic E-state index is 5.19. The van der Waals surface area contributed by atoms with Crippen LogP contribution in [0, 0.1) is 0 Å². The second-order valence-electron chi connectivity index (χ2n) is 6.46. The Balaban J connectivity index is 0.00000288. The molecule has 1 aliphatic rings. The van der Waals surface area contributed by atoms with E-state index in [1.54, 1.807) is 7.11 Å². The van der Waals surface area contributed by atoms with Crippen molar-refractivity contribution in [3.05, 3.63) is 29.8 Å². The summed E-state index contributed by atoms with van der Waals surface area (Å²) in [5.74, 6) is 3.12. The molecule has 0 saturated carbocycles. The summed E-state index contributed by atoms with van der Waals surface area (Å²) >= 11 is 2.05. The highest BCUT2D eigenvalue weighted by molar-refractivity contribution is 14.0. The van der Waals surface area contributed by atoms with Crippen molar-refractivity contribution in [1.29, 1.82) is 0 Å². The van der Waals surface area contributed by atoms with Crippen molar-refractivity contribution in [2.45, 2.75) is 31.4 Å². The number of halogens is 1. The number of nitrogens with zero attached hydrogens (tertiary/aromatic N) is 2. The standard InChI is InChI=1S/C18H29N3OS.HI/c1-18(2)14-21(12-13-23-18)17(19-3)20-11-5-6-15-7-9-16(22-4)10-8-15;/h7-10H,5-6,11-14H2,1-4H3,(H,19,20);1H. The van der Waals surface area contributed by atoms with E-state index in [9.17, 15) is 0 Å². The van der Waals surface area contributed by atoms with Gasteiger partial charge < -0.3 is 15.0 Å². The lowest BCUT2D eigenvalue weighted by Crippen LogP contribution is -2.51. The third kappa shape index (κ3) is 6.70. The van der Waals surface area contributed by atoms with E-state index in [1.165, 1.54) is 11.3 Å². The molecule has 0 unspecified atom stereocenters. The van der Waals surface area contributed by atoms with Crippen LogP contribution >= 0.6 is 35.7 Å². The lowest BCUT2D eigenvalue weighted by molar-refractivity contribution is 0.375. The molecule has 1 heterocycles. The zero-order valence-corrected chi connectivity index (χ0v) is 18.3. The molecule has 4 nitrogen and oxygen atoms in total. The summed E-state index contributed by atoms with van der Waals surface area (Å²) in [7, 11) is 3.57. The van der Waals surface area contributed by atoms with E-state index in [0.717, 1.165) is 44.2 Å². The molecule has 1 fully saturated rings. The van der Waals surface area contributed by atoms with E-state index >= 15 is 0 Å². The number of benzene rings is 1. The van der Waals surface area contributed by atoms with E-state index in [4.69, 9.17) is 4.74 Å². The van der Waals surface area contributed by atoms with Gasteiger partial charge in [-0.05, 0) is 44.4 Å². The van der Waals surface area contributed by atoms with Gasteiger partial charge in [0.1, 0.15) is 5.75 Å². The SMILES string of the molecule is CN=C(NCCCc1ccc(OC)cc1)N1CCSC(C)(C)C1.I. The molecule has 1 aromatic carbocycles. The van der Waals surface area contributed by atoms with Crippen molar-refractivity contribution in [2.24, 2.45) is 4.99 Å². The molecule has 1 aromatic rings. The fraction of sp³-hybridized carbons (Fsp3) is 0.611. The molecule has 0 radical (unpaired) electrons. The van der Waals surface area contributed by atoms with Gasteiger partial charge in [0, 0.05) is 37.2 Å². The number of hydrogen-bond acceptors (Lipinski definition) is 3. The zero-order valence-electron chi connectivity index (χ0n) is 15.2. The Morgan fingerprint density at radius 2 is 2.04 bits per heavy atom. The molecule has 6 heteroatoms. The number of aliphatic imine (C=N–C) groups is 1. The van der Waals surface area contributed by atoms with Crippen LogP contribution in [0.1, 0.15) is 25.8 Å². The van der Waals surface area contributed by atoms with E-state index in [1.807, 2.05) is 30.9 Å². The molecule has 0 aromatic heterocycles. The number of guanidine groups is 1. The molecule has 0 aliphatic carbocycles. The number of rotatable bonds is 5. The zero-order chi connectivity index (χ0) is 16.7. The summed E-state index contributed by atoms with van der Waals surface area (Å²) in [5.41, 5.74) is 1.35. The Morgan fingerprint density at radius 1 is 1.33 bits per heavy atom. The van der Waals surface area contributed by atoms with Crippen molar-refractivity contribution < 1.29 is 4.74 Å². The number of methoxy groups -OCH3 is 1. The third-order valence-electron chi connectivity index (χ3n) is 4.02. The van der Waals surface area contributed by atoms with Crippen LogP contribution in [0.3, 0.4) is 0 Å². The van der Waals surface area contributed by atoms with Crippen molar-refractivity contribution in [2.75, 3.05) is 39.5 Å². The smallest absolute Gasteiger partial charge is 0.193 e. The fourth-order valence-corrected chi connectivity index (χ4v) is 3.93. The first-order valence-electron chi connectivity index (χ1n) is 8.26. The molecular formula is C18H30IN3OS. The van der Waals surface area contributed by atoms with Crippen LogP contribution in [0.15, 0.2) is 29.3 Å². The van der Waals surface area contributed by atoms with E-state index in [2.05, 4.69) is 41.2 Å². The van der Waals surface area contributed by atoms with Crippen LogP contribution in [0.4, 0.5) is 0 Å². The molecule has 1 saturated heterocycles. The molecule has 0 spiro atoms. The Kier molecular flexibility index (Phi) is 9.26. The topological polar surface area (TPSA) is 36.9 Å².